The van der Waals surface area contributed by atoms with E-state index in [4.69, 9.17) is 16.3 Å². The fraction of sp³-hybridized carbons (Fsp3) is 0.538. The molecule has 1 unspecified atom stereocenters. The van der Waals surface area contributed by atoms with E-state index in [1.807, 2.05) is 12.1 Å². The first kappa shape index (κ1) is 14.3. The minimum atomic E-state index is -0.523. The first-order valence-electron chi connectivity index (χ1n) is 5.85. The SMILES string of the molecule is CC(C)CNCC(O)COc1ccccc1Cl. The topological polar surface area (TPSA) is 41.5 Å². The average Bonchev–Trinajstić information content (AvgIpc) is 2.27. The number of hydrogen-bond acceptors (Lipinski definition) is 3. The van der Waals surface area contributed by atoms with Gasteiger partial charge in [-0.25, -0.2) is 0 Å². The van der Waals surface area contributed by atoms with Crippen molar-refractivity contribution in [1.29, 1.82) is 0 Å². The van der Waals surface area contributed by atoms with E-state index < -0.39 is 6.10 Å². The maximum Gasteiger partial charge on any atom is 0.138 e. The highest BCUT2D eigenvalue weighted by atomic mass is 35.5. The summed E-state index contributed by atoms with van der Waals surface area (Å²) in [6.45, 7) is 5.92. The molecule has 0 fully saturated rings. The monoisotopic (exact) mass is 257 g/mol. The van der Waals surface area contributed by atoms with Gasteiger partial charge in [-0.15, -0.1) is 0 Å². The number of halogens is 1. The van der Waals surface area contributed by atoms with Crippen molar-refractivity contribution in [2.24, 2.45) is 5.92 Å². The van der Waals surface area contributed by atoms with E-state index >= 15 is 0 Å². The average molecular weight is 258 g/mol. The van der Waals surface area contributed by atoms with Crippen molar-refractivity contribution in [2.75, 3.05) is 19.7 Å². The predicted molar refractivity (Wildman–Crippen MR) is 70.7 cm³/mol. The summed E-state index contributed by atoms with van der Waals surface area (Å²) in [7, 11) is 0. The highest BCUT2D eigenvalue weighted by molar-refractivity contribution is 6.32. The highest BCUT2D eigenvalue weighted by Gasteiger charge is 2.06. The number of nitrogens with one attached hydrogen (secondary N) is 1. The van der Waals surface area contributed by atoms with Crippen molar-refractivity contribution < 1.29 is 9.84 Å². The second-order valence-electron chi connectivity index (χ2n) is 4.45. The first-order valence-corrected chi connectivity index (χ1v) is 6.23. The molecule has 2 N–H and O–H groups in total. The lowest BCUT2D eigenvalue weighted by Crippen LogP contribution is -2.33. The third-order valence-corrected chi connectivity index (χ3v) is 2.51. The summed E-state index contributed by atoms with van der Waals surface area (Å²) in [5.41, 5.74) is 0. The molecular weight excluding hydrogens is 238 g/mol. The van der Waals surface area contributed by atoms with Crippen molar-refractivity contribution in [1.82, 2.24) is 5.32 Å². The molecule has 1 rings (SSSR count). The van der Waals surface area contributed by atoms with Crippen molar-refractivity contribution >= 4 is 11.6 Å². The van der Waals surface area contributed by atoms with Gasteiger partial charge in [-0.1, -0.05) is 37.6 Å². The Balaban J connectivity index is 2.24. The Labute approximate surface area is 108 Å². The lowest BCUT2D eigenvalue weighted by molar-refractivity contribution is 0.106. The van der Waals surface area contributed by atoms with Gasteiger partial charge in [-0.3, -0.25) is 0 Å². The van der Waals surface area contributed by atoms with Gasteiger partial charge in [-0.05, 0) is 24.6 Å². The normalized spacial score (nSPS) is 12.8. The molecule has 4 heteroatoms. The summed E-state index contributed by atoms with van der Waals surface area (Å²) in [5, 5.41) is 13.4. The highest BCUT2D eigenvalue weighted by Crippen LogP contribution is 2.22. The Morgan fingerprint density at radius 1 is 1.29 bits per heavy atom. The van der Waals surface area contributed by atoms with Gasteiger partial charge in [0.2, 0.25) is 0 Å². The Hall–Kier alpha value is -0.770. The van der Waals surface area contributed by atoms with Crippen molar-refractivity contribution in [3.8, 4) is 5.75 Å². The van der Waals surface area contributed by atoms with Crippen LogP contribution in [0.2, 0.25) is 5.02 Å². The molecule has 0 amide bonds. The number of para-hydroxylation sites is 1. The summed E-state index contributed by atoms with van der Waals surface area (Å²) >= 11 is 5.93. The maximum absolute atomic E-state index is 9.68. The smallest absolute Gasteiger partial charge is 0.138 e. The van der Waals surface area contributed by atoms with Gasteiger partial charge in [0.1, 0.15) is 18.5 Å². The largest absolute Gasteiger partial charge is 0.489 e. The Morgan fingerprint density at radius 2 is 2.00 bits per heavy atom. The molecule has 1 aromatic carbocycles. The van der Waals surface area contributed by atoms with Crippen LogP contribution in [-0.2, 0) is 0 Å². The summed E-state index contributed by atoms with van der Waals surface area (Å²) in [5.74, 6) is 1.18. The second kappa shape index (κ2) is 7.54. The maximum atomic E-state index is 9.68. The zero-order valence-electron chi connectivity index (χ0n) is 10.3. The molecule has 0 radical (unpaired) electrons. The molecule has 0 spiro atoms. The molecule has 1 atom stereocenters. The van der Waals surface area contributed by atoms with E-state index in [-0.39, 0.29) is 6.61 Å². The molecule has 0 saturated carbocycles. The van der Waals surface area contributed by atoms with E-state index in [1.165, 1.54) is 0 Å². The van der Waals surface area contributed by atoms with Crippen molar-refractivity contribution in [3.63, 3.8) is 0 Å². The number of aliphatic hydroxyl groups is 1. The van der Waals surface area contributed by atoms with Crippen LogP contribution in [0.15, 0.2) is 24.3 Å². The Bertz CT molecular complexity index is 331. The third kappa shape index (κ3) is 5.91. The van der Waals surface area contributed by atoms with Gasteiger partial charge in [0, 0.05) is 6.54 Å². The molecule has 3 nitrogen and oxygen atoms in total. The molecule has 0 aliphatic rings. The Kier molecular flexibility index (Phi) is 6.34. The van der Waals surface area contributed by atoms with E-state index in [1.54, 1.807) is 12.1 Å². The van der Waals surface area contributed by atoms with Crippen molar-refractivity contribution in [2.45, 2.75) is 20.0 Å². The van der Waals surface area contributed by atoms with Crippen LogP contribution in [0.25, 0.3) is 0 Å². The predicted octanol–water partition coefficient (Wildman–Crippen LogP) is 2.33. The third-order valence-electron chi connectivity index (χ3n) is 2.20. The molecule has 0 heterocycles. The fourth-order valence-electron chi connectivity index (χ4n) is 1.35. The van der Waals surface area contributed by atoms with Crippen LogP contribution in [0.5, 0.6) is 5.75 Å². The van der Waals surface area contributed by atoms with Crippen LogP contribution in [0, 0.1) is 5.92 Å². The molecule has 17 heavy (non-hydrogen) atoms. The summed E-state index contributed by atoms with van der Waals surface area (Å²) in [6, 6.07) is 7.25. The molecule has 0 saturated heterocycles. The fourth-order valence-corrected chi connectivity index (χ4v) is 1.54. The number of hydrogen-bond donors (Lipinski definition) is 2. The van der Waals surface area contributed by atoms with Crippen LogP contribution in [0.4, 0.5) is 0 Å². The van der Waals surface area contributed by atoms with Crippen LogP contribution in [0.1, 0.15) is 13.8 Å². The summed E-state index contributed by atoms with van der Waals surface area (Å²) in [4.78, 5) is 0. The van der Waals surface area contributed by atoms with E-state index in [0.29, 0.717) is 23.2 Å². The molecule has 0 aromatic heterocycles. The van der Waals surface area contributed by atoms with Crippen LogP contribution >= 0.6 is 11.6 Å². The molecule has 0 aliphatic heterocycles. The van der Waals surface area contributed by atoms with E-state index in [2.05, 4.69) is 19.2 Å². The minimum absolute atomic E-state index is 0.245. The molecule has 1 aromatic rings. The summed E-state index contributed by atoms with van der Waals surface area (Å²) < 4.78 is 5.43. The van der Waals surface area contributed by atoms with Gasteiger partial charge in [0.05, 0.1) is 5.02 Å². The van der Waals surface area contributed by atoms with E-state index in [9.17, 15) is 5.11 Å². The number of ether oxygens (including phenoxy) is 1. The van der Waals surface area contributed by atoms with Gasteiger partial charge in [0.15, 0.2) is 0 Å². The van der Waals surface area contributed by atoms with Crippen LogP contribution < -0.4 is 10.1 Å². The van der Waals surface area contributed by atoms with Crippen LogP contribution in [0.3, 0.4) is 0 Å². The lowest BCUT2D eigenvalue weighted by Gasteiger charge is -2.14. The molecule has 0 aliphatic carbocycles. The van der Waals surface area contributed by atoms with Gasteiger partial charge >= 0.3 is 0 Å². The van der Waals surface area contributed by atoms with Gasteiger partial charge in [-0.2, -0.15) is 0 Å². The van der Waals surface area contributed by atoms with Gasteiger partial charge in [0.25, 0.3) is 0 Å². The van der Waals surface area contributed by atoms with Crippen LogP contribution in [-0.4, -0.2) is 30.9 Å². The number of aliphatic hydroxyl groups excluding tert-OH is 1. The van der Waals surface area contributed by atoms with E-state index in [0.717, 1.165) is 6.54 Å². The minimum Gasteiger partial charge on any atom is -0.489 e. The quantitative estimate of drug-likeness (QED) is 0.788. The first-order chi connectivity index (χ1) is 8.09. The second-order valence-corrected chi connectivity index (χ2v) is 4.85. The number of benzene rings is 1. The molecule has 0 bridgehead atoms. The zero-order valence-corrected chi connectivity index (χ0v) is 11.1. The Morgan fingerprint density at radius 3 is 2.65 bits per heavy atom. The lowest BCUT2D eigenvalue weighted by atomic mass is 10.2. The standard InChI is InChI=1S/C13H20ClNO2/c1-10(2)7-15-8-11(16)9-17-13-6-4-3-5-12(13)14/h3-6,10-11,15-16H,7-9H2,1-2H3. The molecular formula is C13H20ClNO2. The van der Waals surface area contributed by atoms with Crippen molar-refractivity contribution in [3.05, 3.63) is 29.3 Å². The van der Waals surface area contributed by atoms with Gasteiger partial charge < -0.3 is 15.2 Å². The summed E-state index contributed by atoms with van der Waals surface area (Å²) in [6.07, 6.45) is -0.523. The number of rotatable bonds is 7. The zero-order chi connectivity index (χ0) is 12.7. The molecule has 96 valence electrons.